The Balaban J connectivity index is 1.84. The van der Waals surface area contributed by atoms with Gasteiger partial charge in [0.05, 0.1) is 24.7 Å². The van der Waals surface area contributed by atoms with E-state index < -0.39 is 33.8 Å². The summed E-state index contributed by atoms with van der Waals surface area (Å²) in [6, 6.07) is 3.36. The predicted octanol–water partition coefficient (Wildman–Crippen LogP) is -0.115. The molecule has 1 atom stereocenters. The Hall–Kier alpha value is -2.17. The zero-order valence-corrected chi connectivity index (χ0v) is 14.0. The van der Waals surface area contributed by atoms with Crippen LogP contribution in [0.4, 0.5) is 0 Å². The number of esters is 2. The van der Waals surface area contributed by atoms with E-state index in [-0.39, 0.29) is 49.8 Å². The van der Waals surface area contributed by atoms with E-state index in [1.54, 1.807) is 0 Å². The molecule has 0 amide bonds. The highest BCUT2D eigenvalue weighted by Crippen LogP contribution is 2.26. The summed E-state index contributed by atoms with van der Waals surface area (Å²) in [7, 11) is -3.83. The molecule has 0 unspecified atom stereocenters. The molecular weight excluding hydrogens is 354 g/mol. The monoisotopic (exact) mass is 371 g/mol. The van der Waals surface area contributed by atoms with Gasteiger partial charge in [-0.25, -0.2) is 18.0 Å². The molecule has 1 N–H and O–H groups in total. The third kappa shape index (κ3) is 3.60. The zero-order valence-electron chi connectivity index (χ0n) is 13.2. The number of carbonyl (C=O) groups is 2. The van der Waals surface area contributed by atoms with Gasteiger partial charge in [-0.1, -0.05) is 0 Å². The summed E-state index contributed by atoms with van der Waals surface area (Å²) in [6.07, 6.45) is -0.830. The summed E-state index contributed by atoms with van der Waals surface area (Å²) in [5, 5.41) is 9.88. The fourth-order valence-corrected chi connectivity index (χ4v) is 3.99. The average molecular weight is 371 g/mol. The number of aromatic hydroxyl groups is 1. The van der Waals surface area contributed by atoms with Crippen LogP contribution >= 0.6 is 0 Å². The number of nitrogens with zero attached hydrogens (tertiary/aromatic N) is 1. The van der Waals surface area contributed by atoms with Crippen LogP contribution in [0.5, 0.6) is 5.75 Å². The number of sulfonamides is 1. The summed E-state index contributed by atoms with van der Waals surface area (Å²) in [4.78, 5) is 23.4. The molecule has 2 aliphatic rings. The van der Waals surface area contributed by atoms with Gasteiger partial charge in [0.2, 0.25) is 16.1 Å². The van der Waals surface area contributed by atoms with Crippen LogP contribution in [-0.2, 0) is 29.0 Å². The Bertz CT molecular complexity index is 785. The quantitative estimate of drug-likeness (QED) is 0.728. The lowest BCUT2D eigenvalue weighted by atomic mass is 10.2. The highest BCUT2D eigenvalue weighted by atomic mass is 32.2. The van der Waals surface area contributed by atoms with Gasteiger partial charge in [-0.15, -0.1) is 0 Å². The maximum absolute atomic E-state index is 12.6. The predicted molar refractivity (Wildman–Crippen MR) is 82.5 cm³/mol. The summed E-state index contributed by atoms with van der Waals surface area (Å²) in [6.45, 7) is 1.13. The Labute approximate surface area is 144 Å². The Morgan fingerprint density at radius 3 is 2.60 bits per heavy atom. The minimum atomic E-state index is -3.83. The number of hydrogen-bond donors (Lipinski definition) is 1. The molecule has 2 heterocycles. The van der Waals surface area contributed by atoms with Crippen molar-refractivity contribution >= 4 is 22.0 Å². The van der Waals surface area contributed by atoms with E-state index in [0.717, 1.165) is 12.1 Å². The molecule has 136 valence electrons. The number of rotatable bonds is 4. The van der Waals surface area contributed by atoms with Crippen LogP contribution in [0.3, 0.4) is 0 Å². The number of phenolic OH excluding ortho intramolecular Hbond substituents is 1. The van der Waals surface area contributed by atoms with E-state index in [2.05, 4.69) is 0 Å². The first-order chi connectivity index (χ1) is 11.9. The Morgan fingerprint density at radius 2 is 1.96 bits per heavy atom. The largest absolute Gasteiger partial charge is 0.507 e. The van der Waals surface area contributed by atoms with Gasteiger partial charge in [-0.2, -0.15) is 4.31 Å². The third-order valence-corrected chi connectivity index (χ3v) is 5.83. The molecule has 0 aromatic heterocycles. The molecule has 0 aliphatic carbocycles. The molecular formula is C15H17NO8S. The van der Waals surface area contributed by atoms with Crippen molar-refractivity contribution in [2.75, 3.05) is 32.9 Å². The van der Waals surface area contributed by atoms with Crippen molar-refractivity contribution in [3.63, 3.8) is 0 Å². The summed E-state index contributed by atoms with van der Waals surface area (Å²) in [5.41, 5.74) is -0.325. The van der Waals surface area contributed by atoms with E-state index in [4.69, 9.17) is 14.2 Å². The lowest BCUT2D eigenvalue weighted by molar-refractivity contribution is -0.145. The Kier molecular flexibility index (Phi) is 4.93. The van der Waals surface area contributed by atoms with Crippen LogP contribution in [-0.4, -0.2) is 68.8 Å². The second-order valence-electron chi connectivity index (χ2n) is 5.55. The standard InChI is InChI=1S/C15H17NO8S/c17-12-2-1-10(25(20,21)16-4-7-22-8-5-16)9-11(12)14(18)24-13-3-6-23-15(13)19/h1-2,9,13,17H,3-8H2/t13-/m1/s1. The van der Waals surface area contributed by atoms with Crippen LogP contribution in [0, 0.1) is 0 Å². The van der Waals surface area contributed by atoms with E-state index in [1.165, 1.54) is 10.4 Å². The van der Waals surface area contributed by atoms with Gasteiger partial charge >= 0.3 is 11.9 Å². The van der Waals surface area contributed by atoms with Gasteiger partial charge in [0, 0.05) is 19.5 Å². The summed E-state index contributed by atoms with van der Waals surface area (Å²) in [5.74, 6) is -2.08. The fourth-order valence-electron chi connectivity index (χ4n) is 2.55. The maximum atomic E-state index is 12.6. The molecule has 9 nitrogen and oxygen atoms in total. The van der Waals surface area contributed by atoms with Crippen molar-refractivity contribution in [1.29, 1.82) is 0 Å². The number of cyclic esters (lactones) is 1. The second kappa shape index (κ2) is 6.98. The molecule has 2 saturated heterocycles. The lowest BCUT2D eigenvalue weighted by Gasteiger charge is -2.26. The fraction of sp³-hybridized carbons (Fsp3) is 0.467. The molecule has 0 radical (unpaired) electrons. The van der Waals surface area contributed by atoms with Crippen molar-refractivity contribution in [3.8, 4) is 5.75 Å². The van der Waals surface area contributed by atoms with Crippen molar-refractivity contribution in [2.45, 2.75) is 17.4 Å². The number of carbonyl (C=O) groups excluding carboxylic acids is 2. The minimum Gasteiger partial charge on any atom is -0.507 e. The minimum absolute atomic E-state index is 0.145. The SMILES string of the molecule is O=C(O[C@@H]1CCOC1=O)c1cc(S(=O)(=O)N2CCOCC2)ccc1O. The molecule has 25 heavy (non-hydrogen) atoms. The van der Waals surface area contributed by atoms with Crippen LogP contribution < -0.4 is 0 Å². The number of benzene rings is 1. The summed E-state index contributed by atoms with van der Waals surface area (Å²) >= 11 is 0. The normalized spacial score (nSPS) is 21.8. The highest BCUT2D eigenvalue weighted by Gasteiger charge is 2.32. The molecule has 0 bridgehead atoms. The second-order valence-corrected chi connectivity index (χ2v) is 7.48. The van der Waals surface area contributed by atoms with E-state index in [9.17, 15) is 23.1 Å². The van der Waals surface area contributed by atoms with E-state index in [0.29, 0.717) is 0 Å². The number of morpholine rings is 1. The molecule has 1 aromatic rings. The molecule has 0 spiro atoms. The number of ether oxygens (including phenoxy) is 3. The summed E-state index contributed by atoms with van der Waals surface area (Å²) < 4.78 is 41.3. The lowest BCUT2D eigenvalue weighted by Crippen LogP contribution is -2.40. The van der Waals surface area contributed by atoms with Crippen LogP contribution in [0.25, 0.3) is 0 Å². The smallest absolute Gasteiger partial charge is 0.347 e. The highest BCUT2D eigenvalue weighted by molar-refractivity contribution is 7.89. The van der Waals surface area contributed by atoms with Gasteiger partial charge in [0.15, 0.2) is 0 Å². The molecule has 2 aliphatic heterocycles. The van der Waals surface area contributed by atoms with E-state index in [1.807, 2.05) is 0 Å². The van der Waals surface area contributed by atoms with Gasteiger partial charge in [-0.3, -0.25) is 0 Å². The maximum Gasteiger partial charge on any atom is 0.347 e. The zero-order chi connectivity index (χ0) is 18.0. The van der Waals surface area contributed by atoms with Gasteiger partial charge in [0.25, 0.3) is 0 Å². The topological polar surface area (TPSA) is 119 Å². The third-order valence-electron chi connectivity index (χ3n) is 3.93. The van der Waals surface area contributed by atoms with Crippen LogP contribution in [0.1, 0.15) is 16.8 Å². The van der Waals surface area contributed by atoms with Crippen molar-refractivity contribution < 1.29 is 37.3 Å². The first-order valence-electron chi connectivity index (χ1n) is 7.68. The first-order valence-corrected chi connectivity index (χ1v) is 9.12. The average Bonchev–Trinajstić information content (AvgIpc) is 3.00. The van der Waals surface area contributed by atoms with Crippen molar-refractivity contribution in [1.82, 2.24) is 4.31 Å². The number of phenols is 1. The number of hydrogen-bond acceptors (Lipinski definition) is 8. The molecule has 1 aromatic carbocycles. The molecule has 3 rings (SSSR count). The van der Waals surface area contributed by atoms with Crippen LogP contribution in [0.2, 0.25) is 0 Å². The van der Waals surface area contributed by atoms with Gasteiger partial charge in [0.1, 0.15) is 11.3 Å². The van der Waals surface area contributed by atoms with Crippen molar-refractivity contribution in [3.05, 3.63) is 23.8 Å². The van der Waals surface area contributed by atoms with Gasteiger partial charge < -0.3 is 19.3 Å². The molecule has 2 fully saturated rings. The van der Waals surface area contributed by atoms with Crippen LogP contribution in [0.15, 0.2) is 23.1 Å². The van der Waals surface area contributed by atoms with E-state index >= 15 is 0 Å². The Morgan fingerprint density at radius 1 is 1.24 bits per heavy atom. The molecule has 10 heteroatoms. The first kappa shape index (κ1) is 17.6. The van der Waals surface area contributed by atoms with Crippen molar-refractivity contribution in [2.24, 2.45) is 0 Å². The molecule has 0 saturated carbocycles. The van der Waals surface area contributed by atoms with Gasteiger partial charge in [-0.05, 0) is 18.2 Å².